The van der Waals surface area contributed by atoms with Crippen molar-refractivity contribution in [1.29, 1.82) is 0 Å². The summed E-state index contributed by atoms with van der Waals surface area (Å²) in [4.78, 5) is 18.2. The lowest BCUT2D eigenvalue weighted by atomic mass is 9.50. The quantitative estimate of drug-likeness (QED) is 0.147. The first-order valence-electron chi connectivity index (χ1n) is 14.5. The van der Waals surface area contributed by atoms with Crippen molar-refractivity contribution >= 4 is 0 Å². The molecule has 1 saturated carbocycles. The first kappa shape index (κ1) is 31.1. The van der Waals surface area contributed by atoms with Crippen LogP contribution < -0.4 is 18.9 Å². The van der Waals surface area contributed by atoms with Crippen LogP contribution in [-0.2, 0) is 0 Å². The number of rotatable bonds is 16. The van der Waals surface area contributed by atoms with Gasteiger partial charge in [0.1, 0.15) is 26.4 Å². The van der Waals surface area contributed by atoms with Crippen molar-refractivity contribution in [2.75, 3.05) is 52.9 Å². The summed E-state index contributed by atoms with van der Waals surface area (Å²) in [6.45, 7) is -0.690. The monoisotopic (exact) mass is 604 g/mol. The summed E-state index contributed by atoms with van der Waals surface area (Å²) in [7, 11) is 0. The summed E-state index contributed by atoms with van der Waals surface area (Å²) in [5, 5.41) is 37.5. The number of aromatic nitrogens is 4. The smallest absolute Gasteiger partial charge is 0.320 e. The van der Waals surface area contributed by atoms with Crippen LogP contribution in [0.4, 0.5) is 0 Å². The van der Waals surface area contributed by atoms with Gasteiger partial charge in [-0.25, -0.2) is 0 Å². The van der Waals surface area contributed by atoms with Gasteiger partial charge in [-0.1, -0.05) is 60.7 Å². The fourth-order valence-corrected chi connectivity index (χ4v) is 5.70. The third-order valence-corrected chi connectivity index (χ3v) is 7.33. The van der Waals surface area contributed by atoms with Crippen LogP contribution in [0.15, 0.2) is 72.8 Å². The summed E-state index contributed by atoms with van der Waals surface area (Å²) in [5.41, 5.74) is 3.45. The standard InChI is InChI=1S/C32H36N4O8/c37-11-15-41-25-19-23(33-31(35-25)43-17-13-39)29-27(21-7-3-1-4-8-21)30(28(29)22-9-5-2-6-10-22)24-20-26(42-16-12-38)36-32(34-24)44-18-14-40/h1-10,19-20,27-30,37-40H,11-18H2/t27-,28-,29-,30+. The molecule has 4 N–H and O–H groups in total. The Morgan fingerprint density at radius 3 is 1.18 bits per heavy atom. The molecule has 44 heavy (non-hydrogen) atoms. The van der Waals surface area contributed by atoms with Gasteiger partial charge in [-0.05, 0) is 11.1 Å². The largest absolute Gasteiger partial charge is 0.475 e. The number of hydrogen-bond acceptors (Lipinski definition) is 12. The summed E-state index contributed by atoms with van der Waals surface area (Å²) >= 11 is 0. The molecular formula is C32H36N4O8. The SMILES string of the molecule is OCCOc1cc([C@H]2[C@H](c3ccccc3)[C@@H](c3cc(OCCO)nc(OCCO)n3)[C@H]2c2ccccc2)nc(OCCO)n1. The second kappa shape index (κ2) is 15.4. The van der Waals surface area contributed by atoms with Gasteiger partial charge < -0.3 is 39.4 Å². The molecule has 1 aliphatic rings. The number of nitrogens with zero attached hydrogens (tertiary/aromatic N) is 4. The highest BCUT2D eigenvalue weighted by atomic mass is 16.5. The van der Waals surface area contributed by atoms with E-state index in [1.165, 1.54) is 0 Å². The predicted molar refractivity (Wildman–Crippen MR) is 158 cm³/mol. The van der Waals surface area contributed by atoms with Crippen molar-refractivity contribution in [3.05, 3.63) is 95.3 Å². The highest BCUT2D eigenvalue weighted by Crippen LogP contribution is 2.66. The molecule has 0 aliphatic heterocycles. The third-order valence-electron chi connectivity index (χ3n) is 7.33. The van der Waals surface area contributed by atoms with E-state index in [2.05, 4.69) is 34.2 Å². The maximum absolute atomic E-state index is 9.38. The Morgan fingerprint density at radius 2 is 0.818 bits per heavy atom. The van der Waals surface area contributed by atoms with Crippen LogP contribution in [-0.4, -0.2) is 93.2 Å². The van der Waals surface area contributed by atoms with Gasteiger partial charge in [0.25, 0.3) is 0 Å². The maximum atomic E-state index is 9.38. The van der Waals surface area contributed by atoms with Crippen LogP contribution >= 0.6 is 0 Å². The van der Waals surface area contributed by atoms with Gasteiger partial charge in [0, 0.05) is 35.8 Å². The van der Waals surface area contributed by atoms with Crippen LogP contribution in [0.25, 0.3) is 0 Å². The lowest BCUT2D eigenvalue weighted by Gasteiger charge is -2.52. The van der Waals surface area contributed by atoms with Gasteiger partial charge in [-0.2, -0.15) is 19.9 Å². The van der Waals surface area contributed by atoms with Gasteiger partial charge in [0.05, 0.1) is 37.8 Å². The first-order valence-corrected chi connectivity index (χ1v) is 14.5. The zero-order valence-corrected chi connectivity index (χ0v) is 24.1. The highest BCUT2D eigenvalue weighted by molar-refractivity contribution is 5.47. The van der Waals surface area contributed by atoms with E-state index in [-0.39, 0.29) is 100 Å². The molecule has 1 fully saturated rings. The molecular weight excluding hydrogens is 568 g/mol. The summed E-state index contributed by atoms with van der Waals surface area (Å²) in [5.74, 6) is -0.169. The van der Waals surface area contributed by atoms with Crippen molar-refractivity contribution in [1.82, 2.24) is 19.9 Å². The van der Waals surface area contributed by atoms with Crippen molar-refractivity contribution < 1.29 is 39.4 Å². The van der Waals surface area contributed by atoms with Gasteiger partial charge >= 0.3 is 12.0 Å². The van der Waals surface area contributed by atoms with Crippen LogP contribution in [0.3, 0.4) is 0 Å². The molecule has 1 aliphatic carbocycles. The van der Waals surface area contributed by atoms with Crippen LogP contribution in [0.5, 0.6) is 23.8 Å². The van der Waals surface area contributed by atoms with Crippen molar-refractivity contribution in [3.63, 3.8) is 0 Å². The molecule has 0 atom stereocenters. The molecule has 4 aromatic rings. The van der Waals surface area contributed by atoms with E-state index in [0.717, 1.165) is 11.1 Å². The van der Waals surface area contributed by atoms with E-state index in [1.54, 1.807) is 12.1 Å². The normalized spacial score (nSPS) is 19.2. The minimum atomic E-state index is -0.208. The lowest BCUT2D eigenvalue weighted by molar-refractivity contribution is 0.172. The Hall–Kier alpha value is -4.36. The molecule has 2 aromatic carbocycles. The van der Waals surface area contributed by atoms with E-state index < -0.39 is 0 Å². The number of hydrogen-bond donors (Lipinski definition) is 4. The Balaban J connectivity index is 1.67. The number of aliphatic hydroxyl groups is 4. The Labute approximate surface area is 254 Å². The van der Waals surface area contributed by atoms with Crippen molar-refractivity contribution in [3.8, 4) is 23.8 Å². The second-order valence-corrected chi connectivity index (χ2v) is 10.0. The average Bonchev–Trinajstić information content (AvgIpc) is 3.05. The molecule has 2 heterocycles. The van der Waals surface area contributed by atoms with E-state index in [1.807, 2.05) is 36.4 Å². The molecule has 0 bridgehead atoms. The number of benzene rings is 2. The number of ether oxygens (including phenoxy) is 4. The van der Waals surface area contributed by atoms with Gasteiger partial charge in [0.15, 0.2) is 0 Å². The summed E-state index contributed by atoms with van der Waals surface area (Å²) in [6.07, 6.45) is 0. The van der Waals surface area contributed by atoms with Gasteiger partial charge in [-0.3, -0.25) is 0 Å². The Bertz CT molecular complexity index is 1290. The minimum Gasteiger partial charge on any atom is -0.475 e. The molecule has 5 rings (SSSR count). The lowest BCUT2D eigenvalue weighted by Crippen LogP contribution is -2.41. The molecule has 0 unspecified atom stereocenters. The molecule has 0 spiro atoms. The van der Waals surface area contributed by atoms with E-state index >= 15 is 0 Å². The van der Waals surface area contributed by atoms with Gasteiger partial charge in [0.2, 0.25) is 11.8 Å². The predicted octanol–water partition coefficient (Wildman–Crippen LogP) is 2.20. The zero-order chi connectivity index (χ0) is 30.7. The average molecular weight is 605 g/mol. The molecule has 0 amide bonds. The Morgan fingerprint density at radius 1 is 0.455 bits per heavy atom. The van der Waals surface area contributed by atoms with E-state index in [4.69, 9.17) is 28.9 Å². The molecule has 232 valence electrons. The van der Waals surface area contributed by atoms with Crippen molar-refractivity contribution in [2.45, 2.75) is 23.7 Å². The first-order chi connectivity index (χ1) is 21.7. The fourth-order valence-electron chi connectivity index (χ4n) is 5.70. The second-order valence-electron chi connectivity index (χ2n) is 10.0. The van der Waals surface area contributed by atoms with Crippen LogP contribution in [0, 0.1) is 0 Å². The zero-order valence-electron chi connectivity index (χ0n) is 24.1. The van der Waals surface area contributed by atoms with E-state index in [0.29, 0.717) is 11.4 Å². The highest BCUT2D eigenvalue weighted by Gasteiger charge is 2.54. The van der Waals surface area contributed by atoms with Crippen LogP contribution in [0.2, 0.25) is 0 Å². The maximum Gasteiger partial charge on any atom is 0.320 e. The van der Waals surface area contributed by atoms with Crippen molar-refractivity contribution in [2.24, 2.45) is 0 Å². The Kier molecular flexibility index (Phi) is 10.9. The molecule has 0 radical (unpaired) electrons. The third kappa shape index (κ3) is 7.22. The van der Waals surface area contributed by atoms with Gasteiger partial charge in [-0.15, -0.1) is 0 Å². The molecule has 12 heteroatoms. The van der Waals surface area contributed by atoms with E-state index in [9.17, 15) is 20.4 Å². The summed E-state index contributed by atoms with van der Waals surface area (Å²) < 4.78 is 22.6. The minimum absolute atomic E-state index is 0.00851. The van der Waals surface area contributed by atoms with Crippen LogP contribution in [0.1, 0.15) is 46.2 Å². The fraction of sp³-hybridized carbons (Fsp3) is 0.375. The molecule has 0 saturated heterocycles. The summed E-state index contributed by atoms with van der Waals surface area (Å²) in [6, 6.07) is 23.7. The topological polar surface area (TPSA) is 169 Å². The number of aliphatic hydroxyl groups excluding tert-OH is 4. The molecule has 12 nitrogen and oxygen atoms in total. The molecule has 2 aromatic heterocycles.